The molecule has 0 radical (unpaired) electrons. The van der Waals surface area contributed by atoms with Crippen LogP contribution in [0, 0.1) is 25.6 Å². The van der Waals surface area contributed by atoms with Crippen LogP contribution in [-0.4, -0.2) is 16.1 Å². The van der Waals surface area contributed by atoms with E-state index in [0.717, 1.165) is 24.3 Å². The highest BCUT2D eigenvalue weighted by atomic mass is 35.5. The summed E-state index contributed by atoms with van der Waals surface area (Å²) in [6.07, 6.45) is 5.57. The van der Waals surface area contributed by atoms with E-state index >= 15 is 0 Å². The number of hydrogen-bond donors (Lipinski definition) is 0. The second kappa shape index (κ2) is 8.49. The van der Waals surface area contributed by atoms with Crippen molar-refractivity contribution in [2.45, 2.75) is 45.7 Å². The molecule has 0 spiro atoms. The zero-order chi connectivity index (χ0) is 21.8. The van der Waals surface area contributed by atoms with Crippen molar-refractivity contribution in [3.8, 4) is 0 Å². The Bertz CT molecular complexity index is 1320. The van der Waals surface area contributed by atoms with Gasteiger partial charge in [0.25, 0.3) is 0 Å². The third kappa shape index (κ3) is 3.71. The predicted octanol–water partition coefficient (Wildman–Crippen LogP) is 6.78. The minimum atomic E-state index is -0.187. The van der Waals surface area contributed by atoms with E-state index in [0.29, 0.717) is 18.5 Å². The Hall–Kier alpha value is -2.85. The van der Waals surface area contributed by atoms with Gasteiger partial charge in [0.15, 0.2) is 5.82 Å². The lowest BCUT2D eigenvalue weighted by molar-refractivity contribution is 0.523. The third-order valence-electron chi connectivity index (χ3n) is 7.43. The largest absolute Gasteiger partial charge is 0.347 e. The number of hydrogen-bond acceptors (Lipinski definition) is 2. The molecule has 4 aromatic rings. The Morgan fingerprint density at radius 2 is 1.85 bits per heavy atom. The van der Waals surface area contributed by atoms with Gasteiger partial charge in [-0.2, -0.15) is 0 Å². The Kier molecular flexibility index (Phi) is 5.65. The highest BCUT2D eigenvalue weighted by Crippen LogP contribution is 2.49. The van der Waals surface area contributed by atoms with Gasteiger partial charge in [-0.25, -0.2) is 9.37 Å². The second-order valence-electron chi connectivity index (χ2n) is 9.38. The number of nitrogens with zero attached hydrogens (tertiary/aromatic N) is 3. The standard InChI is InChI=1S/C28H28FN3.ClH/c1-18-19(2)32(17-20-6-5-8-23(29)16-20)27-24(18)12-14-30-28(27)31-15-13-21-7-3-4-9-25(21)26(31)22-10-11-22;/h3-9,12,14,16,22,26H,10-11,13,15,17H2,1-2H3;1H. The number of pyridine rings is 1. The molecule has 0 amide bonds. The van der Waals surface area contributed by atoms with Crippen LogP contribution in [0.3, 0.4) is 0 Å². The molecule has 1 aliphatic heterocycles. The lowest BCUT2D eigenvalue weighted by Gasteiger charge is -2.39. The quantitative estimate of drug-likeness (QED) is 0.334. The van der Waals surface area contributed by atoms with E-state index in [4.69, 9.17) is 4.98 Å². The molecule has 2 aliphatic rings. The fourth-order valence-corrected chi connectivity index (χ4v) is 5.56. The molecule has 33 heavy (non-hydrogen) atoms. The second-order valence-corrected chi connectivity index (χ2v) is 9.38. The lowest BCUT2D eigenvalue weighted by Crippen LogP contribution is -2.37. The van der Waals surface area contributed by atoms with Crippen LogP contribution in [0.5, 0.6) is 0 Å². The number of fused-ring (bicyclic) bond motifs is 2. The van der Waals surface area contributed by atoms with Gasteiger partial charge in [-0.05, 0) is 79.5 Å². The zero-order valence-electron chi connectivity index (χ0n) is 19.1. The zero-order valence-corrected chi connectivity index (χ0v) is 19.9. The topological polar surface area (TPSA) is 21.1 Å². The summed E-state index contributed by atoms with van der Waals surface area (Å²) >= 11 is 0. The van der Waals surface area contributed by atoms with Crippen LogP contribution in [0.4, 0.5) is 10.2 Å². The SMILES string of the molecule is Cc1c(C)n(Cc2cccc(F)c2)c2c(N3CCc4ccccc4C3C3CC3)nccc12.Cl. The molecule has 1 atom stereocenters. The maximum Gasteiger partial charge on any atom is 0.153 e. The average Bonchev–Trinajstić information content (AvgIpc) is 3.62. The summed E-state index contributed by atoms with van der Waals surface area (Å²) in [6.45, 7) is 5.98. The van der Waals surface area contributed by atoms with Crippen LogP contribution < -0.4 is 4.90 Å². The first-order chi connectivity index (χ1) is 15.6. The highest BCUT2D eigenvalue weighted by molar-refractivity contribution is 5.94. The van der Waals surface area contributed by atoms with Crippen LogP contribution in [0.25, 0.3) is 10.9 Å². The summed E-state index contributed by atoms with van der Waals surface area (Å²) in [4.78, 5) is 7.53. The summed E-state index contributed by atoms with van der Waals surface area (Å²) < 4.78 is 16.3. The predicted molar refractivity (Wildman–Crippen MR) is 135 cm³/mol. The normalized spacial score (nSPS) is 17.7. The van der Waals surface area contributed by atoms with E-state index in [9.17, 15) is 4.39 Å². The fraction of sp³-hybridized carbons (Fsp3) is 0.321. The molecule has 0 saturated heterocycles. The maximum absolute atomic E-state index is 13.9. The molecule has 1 saturated carbocycles. The smallest absolute Gasteiger partial charge is 0.153 e. The monoisotopic (exact) mass is 461 g/mol. The van der Waals surface area contributed by atoms with Crippen molar-refractivity contribution < 1.29 is 4.39 Å². The molecule has 3 heterocycles. The van der Waals surface area contributed by atoms with Crippen LogP contribution in [0.2, 0.25) is 0 Å². The van der Waals surface area contributed by atoms with Crippen LogP contribution in [0.1, 0.15) is 46.8 Å². The van der Waals surface area contributed by atoms with E-state index in [1.165, 1.54) is 52.2 Å². The molecule has 170 valence electrons. The Balaban J connectivity index is 0.00000228. The van der Waals surface area contributed by atoms with Gasteiger partial charge >= 0.3 is 0 Å². The van der Waals surface area contributed by atoms with Crippen LogP contribution in [0.15, 0.2) is 60.8 Å². The lowest BCUT2D eigenvalue weighted by atomic mass is 9.89. The highest BCUT2D eigenvalue weighted by Gasteiger charge is 2.40. The summed E-state index contributed by atoms with van der Waals surface area (Å²) in [7, 11) is 0. The molecule has 2 aromatic heterocycles. The first kappa shape index (κ1) is 22.0. The summed E-state index contributed by atoms with van der Waals surface area (Å²) in [6, 6.07) is 18.4. The minimum Gasteiger partial charge on any atom is -0.347 e. The molecule has 1 unspecified atom stereocenters. The van der Waals surface area contributed by atoms with Crippen molar-refractivity contribution in [3.05, 3.63) is 94.6 Å². The molecule has 1 aliphatic carbocycles. The number of benzene rings is 2. The fourth-order valence-electron chi connectivity index (χ4n) is 5.56. The van der Waals surface area contributed by atoms with Gasteiger partial charge in [0.1, 0.15) is 5.82 Å². The van der Waals surface area contributed by atoms with Gasteiger partial charge in [-0.1, -0.05) is 36.4 Å². The summed E-state index contributed by atoms with van der Waals surface area (Å²) in [5, 5.41) is 1.25. The molecular formula is C28H29ClFN3. The van der Waals surface area contributed by atoms with E-state index in [-0.39, 0.29) is 18.2 Å². The van der Waals surface area contributed by atoms with Crippen molar-refractivity contribution in [1.82, 2.24) is 9.55 Å². The average molecular weight is 462 g/mol. The molecule has 3 nitrogen and oxygen atoms in total. The van der Waals surface area contributed by atoms with E-state index < -0.39 is 0 Å². The summed E-state index contributed by atoms with van der Waals surface area (Å²) in [5.74, 6) is 1.58. The Labute approximate surface area is 200 Å². The van der Waals surface area contributed by atoms with Gasteiger partial charge in [0, 0.05) is 30.4 Å². The minimum absolute atomic E-state index is 0. The number of anilines is 1. The van der Waals surface area contributed by atoms with E-state index in [2.05, 4.69) is 53.6 Å². The van der Waals surface area contributed by atoms with Crippen molar-refractivity contribution in [2.24, 2.45) is 5.92 Å². The first-order valence-corrected chi connectivity index (χ1v) is 11.6. The third-order valence-corrected chi connectivity index (χ3v) is 7.43. The molecule has 0 bridgehead atoms. The first-order valence-electron chi connectivity index (χ1n) is 11.6. The van der Waals surface area contributed by atoms with Crippen LogP contribution >= 0.6 is 12.4 Å². The van der Waals surface area contributed by atoms with Crippen molar-refractivity contribution in [1.29, 1.82) is 0 Å². The number of aromatic nitrogens is 2. The number of rotatable bonds is 4. The van der Waals surface area contributed by atoms with Gasteiger partial charge in [0.2, 0.25) is 0 Å². The Morgan fingerprint density at radius 1 is 1.03 bits per heavy atom. The van der Waals surface area contributed by atoms with Gasteiger partial charge < -0.3 is 9.47 Å². The van der Waals surface area contributed by atoms with Gasteiger partial charge in [-0.3, -0.25) is 0 Å². The maximum atomic E-state index is 13.9. The molecule has 6 rings (SSSR count). The number of halogens is 2. The van der Waals surface area contributed by atoms with Crippen LogP contribution in [-0.2, 0) is 13.0 Å². The van der Waals surface area contributed by atoms with Gasteiger partial charge in [-0.15, -0.1) is 12.4 Å². The Morgan fingerprint density at radius 3 is 2.64 bits per heavy atom. The molecule has 2 aromatic carbocycles. The van der Waals surface area contributed by atoms with Crippen molar-refractivity contribution in [3.63, 3.8) is 0 Å². The van der Waals surface area contributed by atoms with E-state index in [1.807, 2.05) is 12.3 Å². The molecule has 5 heteroatoms. The van der Waals surface area contributed by atoms with Crippen molar-refractivity contribution in [2.75, 3.05) is 11.4 Å². The van der Waals surface area contributed by atoms with E-state index in [1.54, 1.807) is 12.1 Å². The molecule has 0 N–H and O–H groups in total. The van der Waals surface area contributed by atoms with Crippen molar-refractivity contribution >= 4 is 29.1 Å². The summed E-state index contributed by atoms with van der Waals surface area (Å²) in [5.41, 5.74) is 7.60. The molecule has 1 fully saturated rings. The number of aryl methyl sites for hydroxylation is 1. The molecular weight excluding hydrogens is 433 g/mol. The van der Waals surface area contributed by atoms with Gasteiger partial charge in [0.05, 0.1) is 11.6 Å².